The summed E-state index contributed by atoms with van der Waals surface area (Å²) in [4.78, 5) is 22.1. The summed E-state index contributed by atoms with van der Waals surface area (Å²) in [6, 6.07) is 8.03. The Kier molecular flexibility index (Phi) is 6.99. The van der Waals surface area contributed by atoms with Crippen molar-refractivity contribution in [3.63, 3.8) is 0 Å². The van der Waals surface area contributed by atoms with Gasteiger partial charge in [-0.25, -0.2) is 21.8 Å². The zero-order valence-electron chi connectivity index (χ0n) is 20.4. The first-order valence-corrected chi connectivity index (χ1v) is 15.5. The molecule has 2 aliphatic heterocycles. The lowest BCUT2D eigenvalue weighted by atomic mass is 10.1. The number of hydrogen-bond acceptors (Lipinski definition) is 8. The predicted molar refractivity (Wildman–Crippen MR) is 137 cm³/mol. The van der Waals surface area contributed by atoms with Gasteiger partial charge in [0.25, 0.3) is 15.9 Å². The number of oxazole rings is 1. The molecule has 2 aliphatic rings. The second kappa shape index (κ2) is 9.97. The topological polar surface area (TPSA) is 161 Å². The van der Waals surface area contributed by atoms with E-state index in [2.05, 4.69) is 16.0 Å². The van der Waals surface area contributed by atoms with Gasteiger partial charge in [0.1, 0.15) is 10.8 Å². The van der Waals surface area contributed by atoms with Gasteiger partial charge >= 0.3 is 5.91 Å². The highest BCUT2D eigenvalue weighted by Gasteiger charge is 2.39. The molecule has 1 N–H and O–H groups in total. The van der Waals surface area contributed by atoms with E-state index in [0.717, 1.165) is 6.26 Å². The van der Waals surface area contributed by atoms with E-state index in [1.807, 2.05) is 0 Å². The Bertz CT molecular complexity index is 1660. The minimum atomic E-state index is -3.92. The normalized spacial score (nSPS) is 19.4. The third-order valence-corrected chi connectivity index (χ3v) is 10.1. The van der Waals surface area contributed by atoms with E-state index in [1.165, 1.54) is 19.6 Å². The summed E-state index contributed by atoms with van der Waals surface area (Å²) in [6.07, 6.45) is 1.81. The Labute approximate surface area is 224 Å². The Hall–Kier alpha value is -2.96. The van der Waals surface area contributed by atoms with Crippen LogP contribution in [0.2, 0.25) is 5.02 Å². The van der Waals surface area contributed by atoms with Crippen LogP contribution in [-0.2, 0) is 33.0 Å². The standard InChI is InChI=1S/C23H25ClN6O6S2/c1-37(32,33)28-8-6-19-20(14-28)36-22(27-19)23(31)30-10-9-29(13-17(30)3-2-7-25)38(34,35)21-12-15-11-16(24)4-5-18(15)26-21/h4-5,11-12,17,26H,2-3,6,8-10,13-14H2,1H3. The molecule has 0 aliphatic carbocycles. The second-order valence-corrected chi connectivity index (χ2v) is 13.6. The molecule has 12 nitrogen and oxygen atoms in total. The molecule has 1 aromatic carbocycles. The molecule has 0 spiro atoms. The number of halogens is 1. The van der Waals surface area contributed by atoms with Gasteiger partial charge in [-0.3, -0.25) is 4.79 Å². The number of nitriles is 1. The fourth-order valence-electron chi connectivity index (χ4n) is 4.82. The van der Waals surface area contributed by atoms with Gasteiger partial charge in [-0.1, -0.05) is 11.6 Å². The fraction of sp³-hybridized carbons (Fsp3) is 0.435. The molecule has 1 fully saturated rings. The highest BCUT2D eigenvalue weighted by Crippen LogP contribution is 2.28. The van der Waals surface area contributed by atoms with Gasteiger partial charge in [0, 0.05) is 61.0 Å². The maximum Gasteiger partial charge on any atom is 0.310 e. The van der Waals surface area contributed by atoms with Crippen molar-refractivity contribution in [1.82, 2.24) is 23.5 Å². The van der Waals surface area contributed by atoms with E-state index in [0.29, 0.717) is 33.8 Å². The molecule has 2 aromatic heterocycles. The number of benzene rings is 1. The number of nitrogens with one attached hydrogen (secondary N) is 1. The zero-order chi connectivity index (χ0) is 27.2. The molecule has 1 unspecified atom stereocenters. The minimum Gasteiger partial charge on any atom is -0.436 e. The number of H-pyrrole nitrogens is 1. The van der Waals surface area contributed by atoms with Crippen molar-refractivity contribution < 1.29 is 26.0 Å². The fourth-order valence-corrected chi connectivity index (χ4v) is 7.25. The van der Waals surface area contributed by atoms with E-state index in [-0.39, 0.29) is 56.5 Å². The van der Waals surface area contributed by atoms with Gasteiger partial charge in [-0.05, 0) is 30.7 Å². The lowest BCUT2D eigenvalue weighted by Gasteiger charge is -2.39. The van der Waals surface area contributed by atoms with Crippen LogP contribution in [0, 0.1) is 11.3 Å². The number of piperazine rings is 1. The monoisotopic (exact) mass is 580 g/mol. The molecule has 38 heavy (non-hydrogen) atoms. The molecule has 15 heteroatoms. The van der Waals surface area contributed by atoms with Gasteiger partial charge in [-0.15, -0.1) is 0 Å². The number of fused-ring (bicyclic) bond motifs is 2. The molecule has 1 atom stereocenters. The van der Waals surface area contributed by atoms with Crippen molar-refractivity contribution in [3.05, 3.63) is 46.6 Å². The van der Waals surface area contributed by atoms with Crippen LogP contribution in [-0.4, -0.2) is 84.7 Å². The molecule has 202 valence electrons. The van der Waals surface area contributed by atoms with E-state index in [9.17, 15) is 21.6 Å². The van der Waals surface area contributed by atoms with Crippen molar-refractivity contribution >= 4 is 48.5 Å². The lowest BCUT2D eigenvalue weighted by Crippen LogP contribution is -2.56. The molecular formula is C23H25ClN6O6S2. The van der Waals surface area contributed by atoms with Crippen molar-refractivity contribution in [3.8, 4) is 6.07 Å². The largest absolute Gasteiger partial charge is 0.436 e. The number of hydrogen-bond donors (Lipinski definition) is 1. The summed E-state index contributed by atoms with van der Waals surface area (Å²) in [5.41, 5.74) is 1.16. The van der Waals surface area contributed by atoms with Crippen molar-refractivity contribution in [2.24, 2.45) is 0 Å². The van der Waals surface area contributed by atoms with Crippen LogP contribution in [0.3, 0.4) is 0 Å². The number of amides is 1. The Morgan fingerprint density at radius 2 is 2.00 bits per heavy atom. The van der Waals surface area contributed by atoms with E-state index in [1.54, 1.807) is 18.2 Å². The molecule has 4 heterocycles. The molecular weight excluding hydrogens is 556 g/mol. The van der Waals surface area contributed by atoms with Gasteiger partial charge < -0.3 is 14.3 Å². The quantitative estimate of drug-likeness (QED) is 0.463. The van der Waals surface area contributed by atoms with E-state index >= 15 is 0 Å². The van der Waals surface area contributed by atoms with Crippen LogP contribution in [0.15, 0.2) is 33.7 Å². The molecule has 1 amide bonds. The zero-order valence-corrected chi connectivity index (χ0v) is 22.8. The lowest BCUT2D eigenvalue weighted by molar-refractivity contribution is 0.0511. The Balaban J connectivity index is 1.37. The average molecular weight is 581 g/mol. The molecule has 0 radical (unpaired) electrons. The number of carbonyl (C=O) groups excluding carboxylic acids is 1. The maximum atomic E-state index is 13.5. The second-order valence-electron chi connectivity index (χ2n) is 9.31. The van der Waals surface area contributed by atoms with Crippen LogP contribution >= 0.6 is 11.6 Å². The minimum absolute atomic E-state index is 0.00580. The Morgan fingerprint density at radius 3 is 2.74 bits per heavy atom. The van der Waals surface area contributed by atoms with Gasteiger partial charge in [-0.2, -0.15) is 13.9 Å². The SMILES string of the molecule is CS(=O)(=O)N1CCc2nc(C(=O)N3CCN(S(=O)(=O)c4cc5cc(Cl)ccc5[nH]4)CC3CCC#N)oc2C1. The number of aromatic amines is 1. The smallest absolute Gasteiger partial charge is 0.310 e. The molecule has 3 aromatic rings. The van der Waals surface area contributed by atoms with E-state index < -0.39 is 32.0 Å². The summed E-state index contributed by atoms with van der Waals surface area (Å²) in [5, 5.41) is 10.3. The van der Waals surface area contributed by atoms with Crippen LogP contribution in [0.5, 0.6) is 0 Å². The summed E-state index contributed by atoms with van der Waals surface area (Å²) < 4.78 is 59.0. The third kappa shape index (κ3) is 5.04. The average Bonchev–Trinajstić information content (AvgIpc) is 3.50. The van der Waals surface area contributed by atoms with Crippen LogP contribution in [0.1, 0.15) is 35.0 Å². The van der Waals surface area contributed by atoms with Crippen LogP contribution in [0.25, 0.3) is 10.9 Å². The summed E-state index contributed by atoms with van der Waals surface area (Å²) in [5.74, 6) is -0.375. The number of carbonyl (C=O) groups is 1. The van der Waals surface area contributed by atoms with E-state index in [4.69, 9.17) is 21.3 Å². The summed E-state index contributed by atoms with van der Waals surface area (Å²) in [6.45, 7) is 0.341. The number of nitrogens with zero attached hydrogens (tertiary/aromatic N) is 5. The highest BCUT2D eigenvalue weighted by molar-refractivity contribution is 7.89. The first-order chi connectivity index (χ1) is 18.0. The van der Waals surface area contributed by atoms with Gasteiger partial charge in [0.15, 0.2) is 0 Å². The first-order valence-electron chi connectivity index (χ1n) is 11.9. The summed E-state index contributed by atoms with van der Waals surface area (Å²) in [7, 11) is -7.34. The first kappa shape index (κ1) is 26.6. The number of sulfonamides is 2. The third-order valence-electron chi connectivity index (χ3n) is 6.82. The molecule has 5 rings (SSSR count). The van der Waals surface area contributed by atoms with Crippen molar-refractivity contribution in [2.45, 2.75) is 36.9 Å². The highest BCUT2D eigenvalue weighted by atomic mass is 35.5. The van der Waals surface area contributed by atoms with Crippen LogP contribution < -0.4 is 0 Å². The van der Waals surface area contributed by atoms with Crippen molar-refractivity contribution in [2.75, 3.05) is 32.4 Å². The van der Waals surface area contributed by atoms with Crippen LogP contribution in [0.4, 0.5) is 0 Å². The molecule has 1 saturated heterocycles. The van der Waals surface area contributed by atoms with Gasteiger partial charge in [0.05, 0.1) is 24.6 Å². The molecule has 0 saturated carbocycles. The Morgan fingerprint density at radius 1 is 1.21 bits per heavy atom. The van der Waals surface area contributed by atoms with Gasteiger partial charge in [0.2, 0.25) is 10.0 Å². The number of rotatable bonds is 6. The molecule has 0 bridgehead atoms. The predicted octanol–water partition coefficient (Wildman–Crippen LogP) is 1.95. The van der Waals surface area contributed by atoms with Crippen molar-refractivity contribution in [1.29, 1.82) is 5.26 Å². The maximum absolute atomic E-state index is 13.5. The number of aromatic nitrogens is 2. The summed E-state index contributed by atoms with van der Waals surface area (Å²) >= 11 is 6.04.